The van der Waals surface area contributed by atoms with Crippen molar-refractivity contribution in [1.29, 1.82) is 0 Å². The predicted octanol–water partition coefficient (Wildman–Crippen LogP) is 3.92. The number of rotatable bonds is 0. The number of halogens is 5. The Morgan fingerprint density at radius 3 is 2.33 bits per heavy atom. The summed E-state index contributed by atoms with van der Waals surface area (Å²) in [5.41, 5.74) is -0.873. The van der Waals surface area contributed by atoms with E-state index in [1.807, 2.05) is 6.07 Å². The quantitative estimate of drug-likeness (QED) is 0.661. The van der Waals surface area contributed by atoms with Gasteiger partial charge in [-0.15, -0.1) is 0 Å². The van der Waals surface area contributed by atoms with E-state index in [9.17, 15) is 13.2 Å². The van der Waals surface area contributed by atoms with Crippen molar-refractivity contribution < 1.29 is 13.2 Å². The largest absolute Gasteiger partial charge is 0.417 e. The Hall–Kier alpha value is -0.220. The van der Waals surface area contributed by atoms with E-state index in [4.69, 9.17) is 11.6 Å². The molecule has 0 saturated heterocycles. The van der Waals surface area contributed by atoms with E-state index in [0.717, 1.165) is 6.07 Å². The van der Waals surface area contributed by atoms with E-state index < -0.39 is 11.7 Å². The second kappa shape index (κ2) is 3.26. The maximum absolute atomic E-state index is 12.0. The van der Waals surface area contributed by atoms with Crippen molar-refractivity contribution in [2.75, 3.05) is 0 Å². The first-order chi connectivity index (χ1) is 5.39. The van der Waals surface area contributed by atoms with Crippen molar-refractivity contribution >= 4 is 27.5 Å². The van der Waals surface area contributed by atoms with Gasteiger partial charge >= 0.3 is 6.18 Å². The van der Waals surface area contributed by atoms with Gasteiger partial charge in [0.2, 0.25) is 0 Å². The summed E-state index contributed by atoms with van der Waals surface area (Å²) in [5.74, 6) is 0. The molecule has 0 bridgehead atoms. The average molecular weight is 258 g/mol. The standard InChI is InChI=1S/C7H2BrClF3/c8-5-1-4(7(10,11)12)2-6(9)3-5/h1,3H. The minimum atomic E-state index is -4.40. The fourth-order valence-corrected chi connectivity index (χ4v) is 1.46. The molecule has 0 heterocycles. The lowest BCUT2D eigenvalue weighted by molar-refractivity contribution is -0.137. The summed E-state index contributed by atoms with van der Waals surface area (Å²) in [4.78, 5) is 0. The second-order valence-electron chi connectivity index (χ2n) is 2.06. The van der Waals surface area contributed by atoms with E-state index >= 15 is 0 Å². The lowest BCUT2D eigenvalue weighted by Gasteiger charge is -2.06. The highest BCUT2D eigenvalue weighted by Crippen LogP contribution is 2.32. The summed E-state index contributed by atoms with van der Waals surface area (Å²) in [6.07, 6.45) is -4.40. The molecule has 65 valence electrons. The van der Waals surface area contributed by atoms with Gasteiger partial charge in [0.05, 0.1) is 10.6 Å². The van der Waals surface area contributed by atoms with Gasteiger partial charge in [0.1, 0.15) is 0 Å². The molecule has 0 nitrogen and oxygen atoms in total. The third-order valence-corrected chi connectivity index (χ3v) is 1.77. The van der Waals surface area contributed by atoms with Gasteiger partial charge < -0.3 is 0 Å². The minimum Gasteiger partial charge on any atom is -0.166 e. The molecule has 1 aromatic rings. The first-order valence-electron chi connectivity index (χ1n) is 2.85. The van der Waals surface area contributed by atoms with Crippen LogP contribution in [0.5, 0.6) is 0 Å². The summed E-state index contributed by atoms with van der Waals surface area (Å²) in [6, 6.07) is 4.27. The Morgan fingerprint density at radius 1 is 1.33 bits per heavy atom. The van der Waals surface area contributed by atoms with Crippen LogP contribution < -0.4 is 0 Å². The molecular formula is C7H2BrClF3. The van der Waals surface area contributed by atoms with Gasteiger partial charge in [-0.05, 0) is 12.1 Å². The molecule has 0 aromatic heterocycles. The van der Waals surface area contributed by atoms with E-state index in [-0.39, 0.29) is 5.02 Å². The van der Waals surface area contributed by atoms with Crippen molar-refractivity contribution in [1.82, 2.24) is 0 Å². The van der Waals surface area contributed by atoms with Crippen LogP contribution in [-0.2, 0) is 6.18 Å². The summed E-state index contributed by atoms with van der Waals surface area (Å²) < 4.78 is 36.4. The third-order valence-electron chi connectivity index (χ3n) is 1.11. The maximum atomic E-state index is 12.0. The third kappa shape index (κ3) is 2.38. The van der Waals surface area contributed by atoms with Crippen LogP contribution in [-0.4, -0.2) is 0 Å². The Kier molecular flexibility index (Phi) is 2.68. The molecule has 12 heavy (non-hydrogen) atoms. The highest BCUT2D eigenvalue weighted by atomic mass is 79.9. The molecule has 5 heteroatoms. The van der Waals surface area contributed by atoms with Crippen LogP contribution in [0.3, 0.4) is 0 Å². The molecule has 1 rings (SSSR count). The van der Waals surface area contributed by atoms with E-state index in [1.165, 1.54) is 6.07 Å². The Balaban J connectivity index is 3.18. The minimum absolute atomic E-state index is 0.0586. The van der Waals surface area contributed by atoms with Crippen LogP contribution in [0.2, 0.25) is 5.02 Å². The van der Waals surface area contributed by atoms with Crippen LogP contribution >= 0.6 is 27.5 Å². The Labute approximate surface area is 80.5 Å². The van der Waals surface area contributed by atoms with Crippen molar-refractivity contribution in [2.45, 2.75) is 6.18 Å². The lowest BCUT2D eigenvalue weighted by atomic mass is 10.2. The summed E-state index contributed by atoms with van der Waals surface area (Å²) in [7, 11) is 0. The summed E-state index contributed by atoms with van der Waals surface area (Å²) in [5, 5.41) is -0.0586. The van der Waals surface area contributed by atoms with Gasteiger partial charge in [-0.3, -0.25) is 0 Å². The van der Waals surface area contributed by atoms with Gasteiger partial charge in [0.25, 0.3) is 0 Å². The Bertz CT molecular complexity index is 275. The highest BCUT2D eigenvalue weighted by Gasteiger charge is 2.31. The highest BCUT2D eigenvalue weighted by molar-refractivity contribution is 9.10. The lowest BCUT2D eigenvalue weighted by Crippen LogP contribution is -2.04. The first-order valence-corrected chi connectivity index (χ1v) is 4.02. The monoisotopic (exact) mass is 257 g/mol. The van der Waals surface area contributed by atoms with Crippen molar-refractivity contribution in [3.8, 4) is 0 Å². The fourth-order valence-electron chi connectivity index (χ4n) is 0.654. The number of alkyl halides is 3. The molecule has 0 atom stereocenters. The van der Waals surface area contributed by atoms with E-state index in [2.05, 4.69) is 15.9 Å². The maximum Gasteiger partial charge on any atom is 0.417 e. The van der Waals surface area contributed by atoms with Gasteiger partial charge in [-0.25, -0.2) is 0 Å². The van der Waals surface area contributed by atoms with Crippen molar-refractivity contribution in [3.63, 3.8) is 0 Å². The topological polar surface area (TPSA) is 0 Å². The Morgan fingerprint density at radius 2 is 1.92 bits per heavy atom. The van der Waals surface area contributed by atoms with Gasteiger partial charge in [0.15, 0.2) is 0 Å². The average Bonchev–Trinajstić information content (AvgIpc) is 1.82. The molecule has 0 saturated carbocycles. The van der Waals surface area contributed by atoms with Crippen LogP contribution in [0.1, 0.15) is 5.56 Å². The second-order valence-corrected chi connectivity index (χ2v) is 3.38. The SMILES string of the molecule is FC(F)(F)c1[c]c(Cl)cc(Br)c1. The number of hydrogen-bond acceptors (Lipinski definition) is 0. The molecule has 0 aliphatic carbocycles. The zero-order valence-corrected chi connectivity index (χ0v) is 7.89. The molecule has 0 unspecified atom stereocenters. The predicted molar refractivity (Wildman–Crippen MR) is 43.0 cm³/mol. The van der Waals surface area contributed by atoms with E-state index in [0.29, 0.717) is 4.47 Å². The zero-order valence-electron chi connectivity index (χ0n) is 5.54. The van der Waals surface area contributed by atoms with E-state index in [1.54, 1.807) is 0 Å². The zero-order chi connectivity index (χ0) is 9.35. The van der Waals surface area contributed by atoms with Gasteiger partial charge in [-0.1, -0.05) is 27.5 Å². The molecule has 0 aliphatic rings. The van der Waals surface area contributed by atoms with Crippen molar-refractivity contribution in [3.05, 3.63) is 33.3 Å². The molecule has 0 spiro atoms. The normalized spacial score (nSPS) is 11.8. The van der Waals surface area contributed by atoms with Crippen molar-refractivity contribution in [2.24, 2.45) is 0 Å². The number of benzene rings is 1. The van der Waals surface area contributed by atoms with Crippen LogP contribution in [0.15, 0.2) is 16.6 Å². The van der Waals surface area contributed by atoms with Crippen LogP contribution in [0.4, 0.5) is 13.2 Å². The van der Waals surface area contributed by atoms with Crippen LogP contribution in [0.25, 0.3) is 0 Å². The van der Waals surface area contributed by atoms with Gasteiger partial charge in [-0.2, -0.15) is 13.2 Å². The smallest absolute Gasteiger partial charge is 0.166 e. The fraction of sp³-hybridized carbons (Fsp3) is 0.143. The molecule has 1 aromatic carbocycles. The molecule has 1 radical (unpaired) electrons. The molecule has 0 amide bonds. The first kappa shape index (κ1) is 9.86. The van der Waals surface area contributed by atoms with Crippen LogP contribution in [0, 0.1) is 6.07 Å². The summed E-state index contributed by atoms with van der Waals surface area (Å²) in [6.45, 7) is 0. The number of hydrogen-bond donors (Lipinski definition) is 0. The molecule has 0 N–H and O–H groups in total. The molecule has 0 aliphatic heterocycles. The molecule has 0 fully saturated rings. The van der Waals surface area contributed by atoms with Gasteiger partial charge in [0, 0.05) is 10.5 Å². The molecular weight excluding hydrogens is 256 g/mol. The summed E-state index contributed by atoms with van der Waals surface area (Å²) >= 11 is 8.27.